The van der Waals surface area contributed by atoms with Gasteiger partial charge in [0.1, 0.15) is 11.5 Å². The van der Waals surface area contributed by atoms with Crippen molar-refractivity contribution in [3.63, 3.8) is 0 Å². The molecule has 1 atom stereocenters. The molecule has 0 aliphatic carbocycles. The SMILES string of the molecule is COCCOCc1cnc(C)nc1C1CCCN(C(=O)c2ccccn2)C1. The lowest BCUT2D eigenvalue weighted by atomic mass is 9.92. The third kappa shape index (κ3) is 5.08. The van der Waals surface area contributed by atoms with Gasteiger partial charge in [-0.1, -0.05) is 6.07 Å². The molecule has 2 aromatic rings. The van der Waals surface area contributed by atoms with Gasteiger partial charge in [0.15, 0.2) is 0 Å². The van der Waals surface area contributed by atoms with Gasteiger partial charge in [0.05, 0.1) is 25.5 Å². The van der Waals surface area contributed by atoms with E-state index in [9.17, 15) is 4.79 Å². The largest absolute Gasteiger partial charge is 0.382 e. The van der Waals surface area contributed by atoms with Crippen molar-refractivity contribution in [3.05, 3.63) is 53.4 Å². The fraction of sp³-hybridized carbons (Fsp3) is 0.500. The zero-order chi connectivity index (χ0) is 19.1. The number of nitrogens with zero attached hydrogens (tertiary/aromatic N) is 4. The standard InChI is InChI=1S/C20H26N4O3/c1-15-22-12-17(14-27-11-10-26-2)19(23-15)16-6-5-9-24(13-16)20(25)18-7-3-4-8-21-18/h3-4,7-8,12,16H,5-6,9-11,13-14H2,1-2H3. The second-order valence-corrected chi connectivity index (χ2v) is 6.68. The van der Waals surface area contributed by atoms with Crippen molar-refractivity contribution >= 4 is 5.91 Å². The van der Waals surface area contributed by atoms with Gasteiger partial charge in [-0.3, -0.25) is 9.78 Å². The number of methoxy groups -OCH3 is 1. The van der Waals surface area contributed by atoms with E-state index < -0.39 is 0 Å². The summed E-state index contributed by atoms with van der Waals surface area (Å²) in [6.07, 6.45) is 5.42. The van der Waals surface area contributed by atoms with Crippen LogP contribution in [0.15, 0.2) is 30.6 Å². The Labute approximate surface area is 159 Å². The number of piperidine rings is 1. The van der Waals surface area contributed by atoms with Gasteiger partial charge in [-0.2, -0.15) is 0 Å². The number of hydrogen-bond donors (Lipinski definition) is 0. The number of aryl methyl sites for hydroxylation is 1. The van der Waals surface area contributed by atoms with Gasteiger partial charge in [-0.25, -0.2) is 9.97 Å². The molecule has 1 aliphatic rings. The molecule has 0 N–H and O–H groups in total. The maximum Gasteiger partial charge on any atom is 0.272 e. The van der Waals surface area contributed by atoms with Gasteiger partial charge in [0.2, 0.25) is 0 Å². The molecule has 1 aliphatic heterocycles. The van der Waals surface area contributed by atoms with Crippen molar-refractivity contribution < 1.29 is 14.3 Å². The first-order valence-corrected chi connectivity index (χ1v) is 9.28. The van der Waals surface area contributed by atoms with Crippen LogP contribution in [0.3, 0.4) is 0 Å². The zero-order valence-electron chi connectivity index (χ0n) is 15.9. The first-order chi connectivity index (χ1) is 13.2. The Kier molecular flexibility index (Phi) is 6.84. The molecule has 7 nitrogen and oxygen atoms in total. The van der Waals surface area contributed by atoms with E-state index in [-0.39, 0.29) is 11.8 Å². The lowest BCUT2D eigenvalue weighted by Gasteiger charge is -2.33. The highest BCUT2D eigenvalue weighted by Crippen LogP contribution is 2.29. The van der Waals surface area contributed by atoms with E-state index >= 15 is 0 Å². The van der Waals surface area contributed by atoms with Crippen molar-refractivity contribution in [1.29, 1.82) is 0 Å². The number of rotatable bonds is 7. The summed E-state index contributed by atoms with van der Waals surface area (Å²) in [6, 6.07) is 5.41. The molecule has 3 heterocycles. The molecule has 3 rings (SSSR count). The average Bonchev–Trinajstić information content (AvgIpc) is 2.72. The summed E-state index contributed by atoms with van der Waals surface area (Å²) in [7, 11) is 1.65. The molecule has 1 unspecified atom stereocenters. The van der Waals surface area contributed by atoms with Crippen LogP contribution < -0.4 is 0 Å². The fourth-order valence-electron chi connectivity index (χ4n) is 3.34. The monoisotopic (exact) mass is 370 g/mol. The van der Waals surface area contributed by atoms with E-state index in [2.05, 4.69) is 15.0 Å². The maximum absolute atomic E-state index is 12.8. The Hall–Kier alpha value is -2.38. The topological polar surface area (TPSA) is 77.4 Å². The molecule has 0 aromatic carbocycles. The lowest BCUT2D eigenvalue weighted by Crippen LogP contribution is -2.40. The third-order valence-corrected chi connectivity index (χ3v) is 4.69. The van der Waals surface area contributed by atoms with Crippen LogP contribution in [0.1, 0.15) is 46.3 Å². The molecule has 7 heteroatoms. The molecular weight excluding hydrogens is 344 g/mol. The quantitative estimate of drug-likeness (QED) is 0.697. The van der Waals surface area contributed by atoms with Crippen molar-refractivity contribution in [2.75, 3.05) is 33.4 Å². The van der Waals surface area contributed by atoms with Crippen LogP contribution in [0.5, 0.6) is 0 Å². The fourth-order valence-corrected chi connectivity index (χ4v) is 3.34. The van der Waals surface area contributed by atoms with Gasteiger partial charge in [-0.05, 0) is 31.9 Å². The Morgan fingerprint density at radius 2 is 2.19 bits per heavy atom. The Balaban J connectivity index is 1.73. The predicted octanol–water partition coefficient (Wildman–Crippen LogP) is 2.36. The van der Waals surface area contributed by atoms with Crippen molar-refractivity contribution in [2.45, 2.75) is 32.3 Å². The summed E-state index contributed by atoms with van der Waals surface area (Å²) >= 11 is 0. The van der Waals surface area contributed by atoms with E-state index in [0.29, 0.717) is 32.1 Å². The van der Waals surface area contributed by atoms with E-state index in [1.165, 1.54) is 0 Å². The summed E-state index contributed by atoms with van der Waals surface area (Å²) < 4.78 is 10.7. The number of carbonyl (C=O) groups is 1. The number of likely N-dealkylation sites (tertiary alicyclic amines) is 1. The average molecular weight is 370 g/mol. The first kappa shape index (κ1) is 19.4. The van der Waals surface area contributed by atoms with Gasteiger partial charge in [0.25, 0.3) is 5.91 Å². The highest BCUT2D eigenvalue weighted by atomic mass is 16.5. The predicted molar refractivity (Wildman–Crippen MR) is 100 cm³/mol. The summed E-state index contributed by atoms with van der Waals surface area (Å²) in [5, 5.41) is 0. The van der Waals surface area contributed by atoms with Crippen LogP contribution in [-0.2, 0) is 16.1 Å². The summed E-state index contributed by atoms with van der Waals surface area (Å²) in [6.45, 7) is 4.80. The van der Waals surface area contributed by atoms with E-state index in [1.54, 1.807) is 19.4 Å². The molecule has 1 saturated heterocycles. The lowest BCUT2D eigenvalue weighted by molar-refractivity contribution is 0.0602. The van der Waals surface area contributed by atoms with Crippen LogP contribution in [0.25, 0.3) is 0 Å². The third-order valence-electron chi connectivity index (χ3n) is 4.69. The van der Waals surface area contributed by atoms with Gasteiger partial charge in [0, 0.05) is 44.1 Å². The number of aromatic nitrogens is 3. The van der Waals surface area contributed by atoms with E-state index in [4.69, 9.17) is 9.47 Å². The van der Waals surface area contributed by atoms with E-state index in [0.717, 1.165) is 36.5 Å². The highest BCUT2D eigenvalue weighted by Gasteiger charge is 2.28. The van der Waals surface area contributed by atoms with Crippen molar-refractivity contribution in [2.24, 2.45) is 0 Å². The summed E-state index contributed by atoms with van der Waals surface area (Å²) in [5.74, 6) is 0.886. The first-order valence-electron chi connectivity index (χ1n) is 9.28. The Bertz CT molecular complexity index is 754. The number of amides is 1. The Morgan fingerprint density at radius 1 is 1.30 bits per heavy atom. The minimum absolute atomic E-state index is 0.0241. The number of pyridine rings is 1. The van der Waals surface area contributed by atoms with Crippen LogP contribution >= 0.6 is 0 Å². The minimum Gasteiger partial charge on any atom is -0.382 e. The normalized spacial score (nSPS) is 17.1. The van der Waals surface area contributed by atoms with Crippen LogP contribution in [-0.4, -0.2) is 59.2 Å². The number of hydrogen-bond acceptors (Lipinski definition) is 6. The van der Waals surface area contributed by atoms with Gasteiger partial charge >= 0.3 is 0 Å². The minimum atomic E-state index is -0.0241. The second-order valence-electron chi connectivity index (χ2n) is 6.68. The number of carbonyl (C=O) groups excluding carboxylic acids is 1. The van der Waals surface area contributed by atoms with Gasteiger partial charge in [-0.15, -0.1) is 0 Å². The molecule has 0 bridgehead atoms. The summed E-state index contributed by atoms with van der Waals surface area (Å²) in [4.78, 5) is 27.8. The highest BCUT2D eigenvalue weighted by molar-refractivity contribution is 5.92. The molecule has 2 aromatic heterocycles. The van der Waals surface area contributed by atoms with Crippen molar-refractivity contribution in [1.82, 2.24) is 19.9 Å². The molecule has 0 saturated carbocycles. The van der Waals surface area contributed by atoms with Crippen molar-refractivity contribution in [3.8, 4) is 0 Å². The molecule has 1 amide bonds. The molecule has 0 radical (unpaired) electrons. The molecular formula is C20H26N4O3. The second kappa shape index (κ2) is 9.53. The van der Waals surface area contributed by atoms with Crippen LogP contribution in [0.4, 0.5) is 0 Å². The maximum atomic E-state index is 12.8. The Morgan fingerprint density at radius 3 is 2.96 bits per heavy atom. The zero-order valence-corrected chi connectivity index (χ0v) is 15.9. The van der Waals surface area contributed by atoms with Gasteiger partial charge < -0.3 is 14.4 Å². The molecule has 0 spiro atoms. The number of ether oxygens (including phenoxy) is 2. The van der Waals surface area contributed by atoms with E-state index in [1.807, 2.05) is 30.2 Å². The molecule has 1 fully saturated rings. The summed E-state index contributed by atoms with van der Waals surface area (Å²) in [5.41, 5.74) is 2.45. The molecule has 144 valence electrons. The molecule has 27 heavy (non-hydrogen) atoms. The van der Waals surface area contributed by atoms with Crippen LogP contribution in [0, 0.1) is 6.92 Å². The van der Waals surface area contributed by atoms with Crippen LogP contribution in [0.2, 0.25) is 0 Å². The smallest absolute Gasteiger partial charge is 0.272 e.